The van der Waals surface area contributed by atoms with Gasteiger partial charge in [-0.2, -0.15) is 0 Å². The van der Waals surface area contributed by atoms with Gasteiger partial charge >= 0.3 is 0 Å². The molecule has 0 bridgehead atoms. The molecular weight excluding hydrogens is 500 g/mol. The minimum absolute atomic E-state index is 0. The van der Waals surface area contributed by atoms with Crippen LogP contribution in [0.1, 0.15) is 34.3 Å². The molecule has 0 radical (unpaired) electrons. The normalized spacial score (nSPS) is 15.5. The van der Waals surface area contributed by atoms with Crippen LogP contribution in [-0.2, 0) is 13.1 Å². The fourth-order valence-electron chi connectivity index (χ4n) is 4.50. The second kappa shape index (κ2) is 11.3. The number of rotatable bonds is 6. The van der Waals surface area contributed by atoms with Crippen molar-refractivity contribution in [2.45, 2.75) is 32.0 Å². The Morgan fingerprint density at radius 3 is 2.53 bits per heavy atom. The van der Waals surface area contributed by atoms with Crippen LogP contribution in [0.5, 0.6) is 0 Å². The molecule has 188 valence electrons. The molecule has 9 heteroatoms. The van der Waals surface area contributed by atoms with Gasteiger partial charge in [0.15, 0.2) is 0 Å². The number of hydrogen-bond acceptors (Lipinski definition) is 4. The first-order chi connectivity index (χ1) is 17.0. The van der Waals surface area contributed by atoms with E-state index in [2.05, 4.69) is 14.8 Å². The number of nitrogens with two attached hydrogens (primary N) is 1. The highest BCUT2D eigenvalue weighted by molar-refractivity contribution is 6.30. The number of anilines is 1. The van der Waals surface area contributed by atoms with E-state index in [1.807, 2.05) is 24.3 Å². The summed E-state index contributed by atoms with van der Waals surface area (Å²) in [6, 6.07) is 19.5. The number of imidazole rings is 1. The highest BCUT2D eigenvalue weighted by Gasteiger charge is 2.23. The maximum atomic E-state index is 13.5. The maximum absolute atomic E-state index is 13.5. The lowest BCUT2D eigenvalue weighted by atomic mass is 10.1. The minimum atomic E-state index is -0.272. The number of hydrogen-bond donors (Lipinski definition) is 2. The maximum Gasteiger partial charge on any atom is 0.251 e. The zero-order valence-corrected chi connectivity index (χ0v) is 21.2. The number of halogens is 3. The number of aromatic nitrogens is 2. The Balaban J connectivity index is 0.00000304. The van der Waals surface area contributed by atoms with Crippen molar-refractivity contribution in [3.63, 3.8) is 0 Å². The summed E-state index contributed by atoms with van der Waals surface area (Å²) in [5.74, 6) is 0.377. The fraction of sp³-hybridized carbons (Fsp3) is 0.259. The summed E-state index contributed by atoms with van der Waals surface area (Å²) < 4.78 is 15.6. The monoisotopic (exact) mass is 527 g/mol. The summed E-state index contributed by atoms with van der Waals surface area (Å²) in [6.45, 7) is 2.50. The van der Waals surface area contributed by atoms with Gasteiger partial charge in [-0.25, -0.2) is 9.37 Å². The average molecular weight is 528 g/mol. The van der Waals surface area contributed by atoms with Crippen LogP contribution in [0, 0.1) is 5.82 Å². The molecule has 1 aliphatic heterocycles. The van der Waals surface area contributed by atoms with Crippen molar-refractivity contribution in [1.82, 2.24) is 14.9 Å². The molecule has 1 aromatic heterocycles. The summed E-state index contributed by atoms with van der Waals surface area (Å²) in [5.41, 5.74) is 10.4. The van der Waals surface area contributed by atoms with Gasteiger partial charge in [0.05, 0.1) is 17.6 Å². The first-order valence-corrected chi connectivity index (χ1v) is 12.1. The summed E-state index contributed by atoms with van der Waals surface area (Å²) in [4.78, 5) is 20.1. The molecule has 0 unspecified atom stereocenters. The van der Waals surface area contributed by atoms with Crippen molar-refractivity contribution < 1.29 is 9.18 Å². The van der Waals surface area contributed by atoms with E-state index in [1.165, 1.54) is 12.1 Å². The van der Waals surface area contributed by atoms with Crippen LogP contribution < -0.4 is 16.0 Å². The quantitative estimate of drug-likeness (QED) is 0.363. The van der Waals surface area contributed by atoms with Gasteiger partial charge in [-0.1, -0.05) is 35.9 Å². The molecule has 2 heterocycles. The second-order valence-corrected chi connectivity index (χ2v) is 9.42. The third kappa shape index (κ3) is 5.81. The van der Waals surface area contributed by atoms with Gasteiger partial charge < -0.3 is 20.5 Å². The van der Waals surface area contributed by atoms with E-state index < -0.39 is 0 Å². The number of fused-ring (bicyclic) bond motifs is 1. The van der Waals surface area contributed by atoms with Crippen molar-refractivity contribution in [3.8, 4) is 0 Å². The van der Waals surface area contributed by atoms with Crippen molar-refractivity contribution in [1.29, 1.82) is 0 Å². The first-order valence-electron chi connectivity index (χ1n) is 11.7. The first kappa shape index (κ1) is 25.9. The number of piperidine rings is 1. The lowest BCUT2D eigenvalue weighted by Crippen LogP contribution is -2.44. The average Bonchev–Trinajstić information content (AvgIpc) is 3.22. The molecule has 3 aromatic carbocycles. The van der Waals surface area contributed by atoms with Gasteiger partial charge in [0.2, 0.25) is 5.95 Å². The summed E-state index contributed by atoms with van der Waals surface area (Å²) in [6.07, 6.45) is 1.99. The Hall–Kier alpha value is -3.13. The van der Waals surface area contributed by atoms with Gasteiger partial charge in [-0.3, -0.25) is 4.79 Å². The van der Waals surface area contributed by atoms with Gasteiger partial charge in [0.1, 0.15) is 5.82 Å². The molecule has 1 fully saturated rings. The van der Waals surface area contributed by atoms with E-state index in [-0.39, 0.29) is 30.2 Å². The number of nitrogens with one attached hydrogen (secondary N) is 1. The Morgan fingerprint density at radius 2 is 1.81 bits per heavy atom. The topological polar surface area (TPSA) is 76.2 Å². The standard InChI is InChI=1S/C27H27ClFN5O.ClH/c28-21-8-3-18(4-9-21)15-31-26(35)20-7-12-24-25(14-20)34(16-19-5-10-22(29)11-6-19)27(32-24)33-13-1-2-23(30)17-33;/h3-12,14,23H,1-2,13,15-17,30H2,(H,31,35);1H/t23-;/m1./s1. The number of benzene rings is 3. The predicted octanol–water partition coefficient (Wildman–Crippen LogP) is 5.16. The van der Waals surface area contributed by atoms with E-state index >= 15 is 0 Å². The summed E-state index contributed by atoms with van der Waals surface area (Å²) >= 11 is 5.95. The van der Waals surface area contributed by atoms with Crippen LogP contribution in [0.15, 0.2) is 66.7 Å². The summed E-state index contributed by atoms with van der Waals surface area (Å²) in [5, 5.41) is 3.63. The second-order valence-electron chi connectivity index (χ2n) is 8.99. The van der Waals surface area contributed by atoms with Crippen LogP contribution in [-0.4, -0.2) is 34.6 Å². The molecule has 0 saturated carbocycles. The van der Waals surface area contributed by atoms with Crippen molar-refractivity contribution in [3.05, 3.63) is 94.3 Å². The molecule has 1 amide bonds. The smallest absolute Gasteiger partial charge is 0.251 e. The molecule has 0 aliphatic carbocycles. The van der Waals surface area contributed by atoms with E-state index in [0.29, 0.717) is 23.7 Å². The van der Waals surface area contributed by atoms with Crippen molar-refractivity contribution in [2.75, 3.05) is 18.0 Å². The van der Waals surface area contributed by atoms with Crippen molar-refractivity contribution in [2.24, 2.45) is 5.73 Å². The van der Waals surface area contributed by atoms with E-state index in [4.69, 9.17) is 22.3 Å². The van der Waals surface area contributed by atoms with Gasteiger partial charge in [-0.15, -0.1) is 12.4 Å². The molecular formula is C27H28Cl2FN5O. The Kier molecular flexibility index (Phi) is 8.14. The lowest BCUT2D eigenvalue weighted by molar-refractivity contribution is 0.0951. The third-order valence-electron chi connectivity index (χ3n) is 6.35. The van der Waals surface area contributed by atoms with Crippen LogP contribution in [0.2, 0.25) is 5.02 Å². The molecule has 1 aliphatic rings. The van der Waals surface area contributed by atoms with Crippen LogP contribution in [0.4, 0.5) is 10.3 Å². The molecule has 4 aromatic rings. The van der Waals surface area contributed by atoms with E-state index in [0.717, 1.165) is 54.0 Å². The van der Waals surface area contributed by atoms with Gasteiger partial charge in [0.25, 0.3) is 5.91 Å². The number of nitrogens with zero attached hydrogens (tertiary/aromatic N) is 3. The van der Waals surface area contributed by atoms with Crippen LogP contribution in [0.3, 0.4) is 0 Å². The van der Waals surface area contributed by atoms with Gasteiger partial charge in [0, 0.05) is 36.3 Å². The highest BCUT2D eigenvalue weighted by atomic mass is 35.5. The zero-order valence-electron chi connectivity index (χ0n) is 19.7. The highest BCUT2D eigenvalue weighted by Crippen LogP contribution is 2.27. The number of carbonyl (C=O) groups excluding carboxylic acids is 1. The largest absolute Gasteiger partial charge is 0.348 e. The number of amides is 1. The Morgan fingerprint density at radius 1 is 1.08 bits per heavy atom. The molecule has 6 nitrogen and oxygen atoms in total. The Labute approximate surface area is 220 Å². The Bertz CT molecular complexity index is 1340. The predicted molar refractivity (Wildman–Crippen MR) is 145 cm³/mol. The zero-order chi connectivity index (χ0) is 24.4. The molecule has 1 atom stereocenters. The molecule has 5 rings (SSSR count). The van der Waals surface area contributed by atoms with Crippen molar-refractivity contribution >= 4 is 46.9 Å². The minimum Gasteiger partial charge on any atom is -0.348 e. The molecule has 3 N–H and O–H groups in total. The number of carbonyl (C=O) groups is 1. The third-order valence-corrected chi connectivity index (χ3v) is 6.60. The SMILES string of the molecule is Cl.N[C@@H]1CCCN(c2nc3ccc(C(=O)NCc4ccc(Cl)cc4)cc3n2Cc2ccc(F)cc2)C1. The van der Waals surface area contributed by atoms with E-state index in [1.54, 1.807) is 30.3 Å². The van der Waals surface area contributed by atoms with Crippen LogP contribution >= 0.6 is 24.0 Å². The fourth-order valence-corrected chi connectivity index (χ4v) is 4.63. The lowest BCUT2D eigenvalue weighted by Gasteiger charge is -2.32. The molecule has 36 heavy (non-hydrogen) atoms. The molecule has 1 saturated heterocycles. The van der Waals surface area contributed by atoms with Gasteiger partial charge in [-0.05, 0) is 66.4 Å². The summed E-state index contributed by atoms with van der Waals surface area (Å²) in [7, 11) is 0. The van der Waals surface area contributed by atoms with Crippen LogP contribution in [0.25, 0.3) is 11.0 Å². The van der Waals surface area contributed by atoms with E-state index in [9.17, 15) is 9.18 Å². The molecule has 0 spiro atoms.